The highest BCUT2D eigenvalue weighted by atomic mass is 16.1. The molecular formula is C22H17N3O2. The zero-order valence-corrected chi connectivity index (χ0v) is 14.7. The summed E-state index contributed by atoms with van der Waals surface area (Å²) in [6, 6.07) is 21.9. The summed E-state index contributed by atoms with van der Waals surface area (Å²) in [7, 11) is 0. The van der Waals surface area contributed by atoms with Crippen molar-refractivity contribution < 1.29 is 4.79 Å². The van der Waals surface area contributed by atoms with Crippen LogP contribution in [0.1, 0.15) is 15.9 Å². The quantitative estimate of drug-likeness (QED) is 0.580. The molecule has 1 heterocycles. The summed E-state index contributed by atoms with van der Waals surface area (Å²) in [5.74, 6) is -0.224. The van der Waals surface area contributed by atoms with Crippen LogP contribution in [0.15, 0.2) is 77.6 Å². The molecule has 132 valence electrons. The molecule has 2 N–H and O–H groups in total. The second-order valence-corrected chi connectivity index (χ2v) is 6.25. The van der Waals surface area contributed by atoms with Gasteiger partial charge in [0.2, 0.25) is 0 Å². The van der Waals surface area contributed by atoms with Crippen molar-refractivity contribution in [2.75, 3.05) is 5.32 Å². The van der Waals surface area contributed by atoms with E-state index in [-0.39, 0.29) is 17.2 Å². The van der Waals surface area contributed by atoms with Gasteiger partial charge in [-0.25, -0.2) is 4.98 Å². The Morgan fingerprint density at radius 1 is 0.926 bits per heavy atom. The first-order valence-electron chi connectivity index (χ1n) is 8.59. The predicted molar refractivity (Wildman–Crippen MR) is 107 cm³/mol. The van der Waals surface area contributed by atoms with E-state index < -0.39 is 0 Å². The number of anilines is 1. The number of aromatic nitrogens is 2. The molecule has 0 aliphatic rings. The van der Waals surface area contributed by atoms with Gasteiger partial charge in [-0.1, -0.05) is 48.5 Å². The maximum Gasteiger partial charge on any atom is 0.275 e. The van der Waals surface area contributed by atoms with Gasteiger partial charge < -0.3 is 10.3 Å². The zero-order chi connectivity index (χ0) is 18.8. The lowest BCUT2D eigenvalue weighted by Crippen LogP contribution is -2.16. The van der Waals surface area contributed by atoms with E-state index in [0.29, 0.717) is 27.8 Å². The van der Waals surface area contributed by atoms with Crippen LogP contribution in [0.5, 0.6) is 0 Å². The number of aryl methyl sites for hydroxylation is 1. The van der Waals surface area contributed by atoms with E-state index in [1.54, 1.807) is 24.3 Å². The summed E-state index contributed by atoms with van der Waals surface area (Å²) >= 11 is 0. The van der Waals surface area contributed by atoms with Crippen LogP contribution in [-0.2, 0) is 0 Å². The number of carbonyl (C=O) groups is 1. The molecule has 0 atom stereocenters. The predicted octanol–water partition coefficient (Wildman–Crippen LogP) is 4.15. The number of para-hydroxylation sites is 3. The Hall–Kier alpha value is -3.73. The Kier molecular flexibility index (Phi) is 4.26. The van der Waals surface area contributed by atoms with Crippen LogP contribution in [0.4, 0.5) is 5.69 Å². The monoisotopic (exact) mass is 355 g/mol. The Balaban J connectivity index is 1.78. The third-order valence-electron chi connectivity index (χ3n) is 4.42. The molecule has 27 heavy (non-hydrogen) atoms. The summed E-state index contributed by atoms with van der Waals surface area (Å²) in [5.41, 5.74) is 3.92. The number of rotatable bonds is 3. The minimum Gasteiger partial charge on any atom is -0.321 e. The van der Waals surface area contributed by atoms with Gasteiger partial charge in [-0.15, -0.1) is 0 Å². The van der Waals surface area contributed by atoms with Crippen LogP contribution in [0.2, 0.25) is 0 Å². The van der Waals surface area contributed by atoms with Crippen molar-refractivity contribution in [3.05, 3.63) is 94.3 Å². The van der Waals surface area contributed by atoms with Gasteiger partial charge in [-0.3, -0.25) is 9.59 Å². The summed E-state index contributed by atoms with van der Waals surface area (Å²) in [6.07, 6.45) is 0. The van der Waals surface area contributed by atoms with Crippen LogP contribution in [0, 0.1) is 6.92 Å². The van der Waals surface area contributed by atoms with Crippen LogP contribution in [0.3, 0.4) is 0 Å². The normalized spacial score (nSPS) is 10.7. The third-order valence-corrected chi connectivity index (χ3v) is 4.42. The van der Waals surface area contributed by atoms with Crippen molar-refractivity contribution in [2.24, 2.45) is 0 Å². The van der Waals surface area contributed by atoms with Crippen molar-refractivity contribution in [2.45, 2.75) is 6.92 Å². The molecule has 1 amide bonds. The second-order valence-electron chi connectivity index (χ2n) is 6.25. The van der Waals surface area contributed by atoms with Crippen molar-refractivity contribution in [3.8, 4) is 11.3 Å². The number of carbonyl (C=O) groups excluding carboxylic acids is 1. The summed E-state index contributed by atoms with van der Waals surface area (Å²) in [6.45, 7) is 1.89. The molecule has 4 aromatic rings. The first-order chi connectivity index (χ1) is 13.1. The van der Waals surface area contributed by atoms with Gasteiger partial charge in [-0.05, 0) is 36.8 Å². The molecule has 5 heteroatoms. The van der Waals surface area contributed by atoms with E-state index in [9.17, 15) is 9.59 Å². The van der Waals surface area contributed by atoms with E-state index in [0.717, 1.165) is 5.56 Å². The zero-order valence-electron chi connectivity index (χ0n) is 14.7. The summed E-state index contributed by atoms with van der Waals surface area (Å²) in [5, 5.41) is 2.91. The fraction of sp³-hybridized carbons (Fsp3) is 0.0455. The molecular weight excluding hydrogens is 338 g/mol. The topological polar surface area (TPSA) is 74.8 Å². The van der Waals surface area contributed by atoms with Gasteiger partial charge in [0.25, 0.3) is 11.5 Å². The summed E-state index contributed by atoms with van der Waals surface area (Å²) < 4.78 is 0. The van der Waals surface area contributed by atoms with Gasteiger partial charge in [0.1, 0.15) is 5.69 Å². The fourth-order valence-corrected chi connectivity index (χ4v) is 3.03. The summed E-state index contributed by atoms with van der Waals surface area (Å²) in [4.78, 5) is 32.6. The van der Waals surface area contributed by atoms with Crippen LogP contribution >= 0.6 is 0 Å². The van der Waals surface area contributed by atoms with Crippen molar-refractivity contribution >= 4 is 22.6 Å². The van der Waals surface area contributed by atoms with Gasteiger partial charge in [-0.2, -0.15) is 0 Å². The number of hydrogen-bond acceptors (Lipinski definition) is 3. The molecule has 0 fully saturated rings. The largest absolute Gasteiger partial charge is 0.321 e. The Bertz CT molecular complexity index is 1210. The number of hydrogen-bond donors (Lipinski definition) is 2. The Morgan fingerprint density at radius 2 is 1.63 bits per heavy atom. The molecule has 0 saturated heterocycles. The van der Waals surface area contributed by atoms with E-state index in [1.165, 1.54) is 0 Å². The smallest absolute Gasteiger partial charge is 0.275 e. The first-order valence-corrected chi connectivity index (χ1v) is 8.59. The molecule has 0 radical (unpaired) electrons. The number of nitrogens with one attached hydrogen (secondary N) is 2. The molecule has 3 aromatic carbocycles. The lowest BCUT2D eigenvalue weighted by Gasteiger charge is -2.12. The molecule has 0 bridgehead atoms. The molecule has 0 saturated carbocycles. The maximum absolute atomic E-state index is 12.7. The van der Waals surface area contributed by atoms with Crippen LogP contribution in [0.25, 0.3) is 22.3 Å². The second kappa shape index (κ2) is 6.88. The third kappa shape index (κ3) is 3.22. The number of benzene rings is 3. The molecule has 0 aliphatic heterocycles. The van der Waals surface area contributed by atoms with Crippen molar-refractivity contribution in [3.63, 3.8) is 0 Å². The number of aromatic amines is 1. The number of fused-ring (bicyclic) bond motifs is 1. The lowest BCUT2D eigenvalue weighted by atomic mass is 10.1. The number of nitrogens with zero attached hydrogens (tertiary/aromatic N) is 1. The lowest BCUT2D eigenvalue weighted by molar-refractivity contribution is 0.102. The van der Waals surface area contributed by atoms with E-state index in [4.69, 9.17) is 0 Å². The highest BCUT2D eigenvalue weighted by Crippen LogP contribution is 2.25. The maximum atomic E-state index is 12.7. The molecule has 5 nitrogen and oxygen atoms in total. The molecule has 0 unspecified atom stereocenters. The van der Waals surface area contributed by atoms with Crippen molar-refractivity contribution in [1.82, 2.24) is 9.97 Å². The van der Waals surface area contributed by atoms with E-state index >= 15 is 0 Å². The van der Waals surface area contributed by atoms with Gasteiger partial charge in [0.15, 0.2) is 0 Å². The number of H-pyrrole nitrogens is 1. The van der Waals surface area contributed by atoms with Crippen LogP contribution < -0.4 is 10.9 Å². The minimum absolute atomic E-state index is 0.224. The number of amides is 1. The molecule has 0 aliphatic carbocycles. The van der Waals surface area contributed by atoms with E-state index in [2.05, 4.69) is 15.3 Å². The standard InChI is InChI=1S/C22H17N3O2/c1-14-8-2-3-9-15(14)21(26)24-17-11-5-4-10-16(17)20-22(27)25-19-13-7-6-12-18(19)23-20/h2-13H,1H3,(H,24,26)(H,25,27). The molecule has 0 spiro atoms. The van der Waals surface area contributed by atoms with Gasteiger partial charge in [0, 0.05) is 11.1 Å². The van der Waals surface area contributed by atoms with E-state index in [1.807, 2.05) is 55.5 Å². The first kappa shape index (κ1) is 16.7. The SMILES string of the molecule is Cc1ccccc1C(=O)Nc1ccccc1-c1nc2ccccc2[nH]c1=O. The van der Waals surface area contributed by atoms with Crippen molar-refractivity contribution in [1.29, 1.82) is 0 Å². The molecule has 1 aromatic heterocycles. The Morgan fingerprint density at radius 3 is 2.48 bits per heavy atom. The highest BCUT2D eigenvalue weighted by Gasteiger charge is 2.15. The average molecular weight is 355 g/mol. The Labute approximate surface area is 155 Å². The van der Waals surface area contributed by atoms with Gasteiger partial charge >= 0.3 is 0 Å². The highest BCUT2D eigenvalue weighted by molar-refractivity contribution is 6.07. The minimum atomic E-state index is -0.300. The fourth-order valence-electron chi connectivity index (χ4n) is 3.03. The molecule has 4 rings (SSSR count). The average Bonchev–Trinajstić information content (AvgIpc) is 2.68. The van der Waals surface area contributed by atoms with Crippen LogP contribution in [-0.4, -0.2) is 15.9 Å². The van der Waals surface area contributed by atoms with Gasteiger partial charge in [0.05, 0.1) is 16.7 Å².